The molecule has 0 spiro atoms. The van der Waals surface area contributed by atoms with Crippen LogP contribution in [0.2, 0.25) is 0 Å². The van der Waals surface area contributed by atoms with Crippen LogP contribution in [0.5, 0.6) is 0 Å². The number of carbonyl (C=O) groups is 1. The van der Waals surface area contributed by atoms with Crippen molar-refractivity contribution >= 4 is 5.97 Å². The average molecular weight is 417 g/mol. The molecule has 2 aromatic carbocycles. The van der Waals surface area contributed by atoms with Crippen molar-refractivity contribution in [1.29, 1.82) is 0 Å². The highest BCUT2D eigenvalue weighted by molar-refractivity contribution is 5.73. The van der Waals surface area contributed by atoms with Gasteiger partial charge in [-0.05, 0) is 54.7 Å². The Bertz CT molecular complexity index is 757. The van der Waals surface area contributed by atoms with E-state index in [1.54, 1.807) is 24.3 Å². The Labute approximate surface area is 176 Å². The normalized spacial score (nSPS) is 16.7. The zero-order chi connectivity index (χ0) is 21.5. The molecule has 4 nitrogen and oxygen atoms in total. The molecule has 162 valence electrons. The van der Waals surface area contributed by atoms with Crippen LogP contribution in [-0.4, -0.2) is 41.2 Å². The van der Waals surface area contributed by atoms with E-state index in [1.165, 1.54) is 24.3 Å². The van der Waals surface area contributed by atoms with E-state index in [0.717, 1.165) is 36.8 Å². The van der Waals surface area contributed by atoms with Crippen molar-refractivity contribution in [2.45, 2.75) is 57.3 Å². The van der Waals surface area contributed by atoms with Gasteiger partial charge in [0, 0.05) is 13.1 Å². The van der Waals surface area contributed by atoms with Crippen LogP contribution in [0.4, 0.5) is 8.78 Å². The fraction of sp³-hybridized carbons (Fsp3) is 0.458. The number of ether oxygens (including phenoxy) is 1. The topological polar surface area (TPSA) is 49.8 Å². The molecule has 30 heavy (non-hydrogen) atoms. The van der Waals surface area contributed by atoms with Crippen molar-refractivity contribution in [3.05, 3.63) is 71.3 Å². The van der Waals surface area contributed by atoms with Crippen molar-refractivity contribution in [1.82, 2.24) is 4.90 Å². The standard InChI is InChI=1S/C24H29F2NO3/c1-2-3-4-22(24(28)29)27-15-13-21(14-16-27)30-23(17-5-9-19(25)10-6-17)18-7-11-20(26)12-8-18/h5-12,21-23H,2-4,13-16H2,1H3,(H,28,29). The van der Waals surface area contributed by atoms with Gasteiger partial charge < -0.3 is 9.84 Å². The Kier molecular flexibility index (Phi) is 7.94. The van der Waals surface area contributed by atoms with Crippen molar-refractivity contribution in [2.24, 2.45) is 0 Å². The Morgan fingerprint density at radius 3 is 1.97 bits per heavy atom. The van der Waals surface area contributed by atoms with Crippen LogP contribution >= 0.6 is 0 Å². The monoisotopic (exact) mass is 417 g/mol. The number of hydrogen-bond acceptors (Lipinski definition) is 3. The molecule has 0 radical (unpaired) electrons. The maximum atomic E-state index is 13.4. The van der Waals surface area contributed by atoms with E-state index in [0.29, 0.717) is 19.5 Å². The van der Waals surface area contributed by atoms with Gasteiger partial charge in [-0.1, -0.05) is 44.0 Å². The molecule has 2 aromatic rings. The number of likely N-dealkylation sites (tertiary alicyclic amines) is 1. The molecule has 0 bridgehead atoms. The lowest BCUT2D eigenvalue weighted by atomic mass is 9.99. The van der Waals surface area contributed by atoms with Gasteiger partial charge in [0.15, 0.2) is 0 Å². The lowest BCUT2D eigenvalue weighted by Gasteiger charge is -2.37. The van der Waals surface area contributed by atoms with Gasteiger partial charge in [0.25, 0.3) is 0 Å². The predicted molar refractivity (Wildman–Crippen MR) is 111 cm³/mol. The third-order valence-corrected chi connectivity index (χ3v) is 5.71. The molecule has 1 aliphatic heterocycles. The molecular formula is C24H29F2NO3. The smallest absolute Gasteiger partial charge is 0.320 e. The van der Waals surface area contributed by atoms with E-state index in [9.17, 15) is 18.7 Å². The number of halogens is 2. The van der Waals surface area contributed by atoms with E-state index in [4.69, 9.17) is 4.74 Å². The van der Waals surface area contributed by atoms with Gasteiger partial charge in [-0.25, -0.2) is 8.78 Å². The second kappa shape index (κ2) is 10.6. The van der Waals surface area contributed by atoms with Crippen molar-refractivity contribution < 1.29 is 23.4 Å². The Morgan fingerprint density at radius 2 is 1.53 bits per heavy atom. The summed E-state index contributed by atoms with van der Waals surface area (Å²) in [7, 11) is 0. The number of carboxylic acids is 1. The molecule has 1 saturated heterocycles. The SMILES string of the molecule is CCCCC(C(=O)O)N1CCC(OC(c2ccc(F)cc2)c2ccc(F)cc2)CC1. The van der Waals surface area contributed by atoms with E-state index in [1.807, 2.05) is 4.90 Å². The Hall–Kier alpha value is -2.31. The first-order chi connectivity index (χ1) is 14.5. The predicted octanol–water partition coefficient (Wildman–Crippen LogP) is 5.18. The number of hydrogen-bond donors (Lipinski definition) is 1. The minimum Gasteiger partial charge on any atom is -0.480 e. The third kappa shape index (κ3) is 5.86. The van der Waals surface area contributed by atoms with E-state index >= 15 is 0 Å². The number of benzene rings is 2. The molecule has 1 fully saturated rings. The van der Waals surface area contributed by atoms with Gasteiger partial charge in [-0.2, -0.15) is 0 Å². The fourth-order valence-corrected chi connectivity index (χ4v) is 4.00. The van der Waals surface area contributed by atoms with E-state index < -0.39 is 18.1 Å². The van der Waals surface area contributed by atoms with Crippen LogP contribution in [0.15, 0.2) is 48.5 Å². The number of carboxylic acid groups (broad SMARTS) is 1. The van der Waals surface area contributed by atoms with Gasteiger partial charge in [0.05, 0.1) is 6.10 Å². The molecule has 1 aliphatic rings. The first kappa shape index (κ1) is 22.4. The van der Waals surface area contributed by atoms with Crippen LogP contribution in [-0.2, 0) is 9.53 Å². The Balaban J connectivity index is 1.69. The van der Waals surface area contributed by atoms with Crippen LogP contribution in [0.25, 0.3) is 0 Å². The summed E-state index contributed by atoms with van der Waals surface area (Å²) in [5.74, 6) is -1.41. The molecule has 1 unspecified atom stereocenters. The number of nitrogens with zero attached hydrogens (tertiary/aromatic N) is 1. The molecule has 0 aromatic heterocycles. The molecule has 1 atom stereocenters. The van der Waals surface area contributed by atoms with Crippen LogP contribution < -0.4 is 0 Å². The largest absolute Gasteiger partial charge is 0.480 e. The first-order valence-corrected chi connectivity index (χ1v) is 10.6. The minimum absolute atomic E-state index is 0.0537. The molecule has 3 rings (SSSR count). The van der Waals surface area contributed by atoms with Crippen LogP contribution in [0.1, 0.15) is 56.3 Å². The van der Waals surface area contributed by atoms with Gasteiger partial charge >= 0.3 is 5.97 Å². The van der Waals surface area contributed by atoms with Crippen molar-refractivity contribution in [3.8, 4) is 0 Å². The summed E-state index contributed by atoms with van der Waals surface area (Å²) >= 11 is 0. The van der Waals surface area contributed by atoms with Crippen LogP contribution in [0.3, 0.4) is 0 Å². The second-order valence-corrected chi connectivity index (χ2v) is 7.85. The molecule has 1 N–H and O–H groups in total. The summed E-state index contributed by atoms with van der Waals surface area (Å²) in [5.41, 5.74) is 1.61. The number of unbranched alkanes of at least 4 members (excludes halogenated alkanes) is 1. The quantitative estimate of drug-likeness (QED) is 0.611. The lowest BCUT2D eigenvalue weighted by Crippen LogP contribution is -2.47. The van der Waals surface area contributed by atoms with Gasteiger partial charge in [0.2, 0.25) is 0 Å². The average Bonchev–Trinajstić information content (AvgIpc) is 2.74. The first-order valence-electron chi connectivity index (χ1n) is 10.6. The highest BCUT2D eigenvalue weighted by Crippen LogP contribution is 2.31. The molecule has 0 aliphatic carbocycles. The highest BCUT2D eigenvalue weighted by Gasteiger charge is 2.31. The second-order valence-electron chi connectivity index (χ2n) is 7.85. The Morgan fingerprint density at radius 1 is 1.03 bits per heavy atom. The summed E-state index contributed by atoms with van der Waals surface area (Å²) in [6.07, 6.45) is 3.47. The van der Waals surface area contributed by atoms with Gasteiger partial charge in [0.1, 0.15) is 23.8 Å². The fourth-order valence-electron chi connectivity index (χ4n) is 4.00. The highest BCUT2D eigenvalue weighted by atomic mass is 19.1. The molecule has 1 heterocycles. The molecule has 0 amide bonds. The lowest BCUT2D eigenvalue weighted by molar-refractivity contribution is -0.145. The zero-order valence-electron chi connectivity index (χ0n) is 17.3. The van der Waals surface area contributed by atoms with Crippen LogP contribution in [0, 0.1) is 11.6 Å². The van der Waals surface area contributed by atoms with Crippen molar-refractivity contribution in [2.75, 3.05) is 13.1 Å². The van der Waals surface area contributed by atoms with Gasteiger partial charge in [-0.15, -0.1) is 0 Å². The summed E-state index contributed by atoms with van der Waals surface area (Å²) in [5, 5.41) is 9.57. The van der Waals surface area contributed by atoms with Crippen molar-refractivity contribution in [3.63, 3.8) is 0 Å². The summed E-state index contributed by atoms with van der Waals surface area (Å²) in [6.45, 7) is 3.37. The zero-order valence-corrected chi connectivity index (χ0v) is 17.3. The maximum Gasteiger partial charge on any atom is 0.320 e. The molecular weight excluding hydrogens is 388 g/mol. The van der Waals surface area contributed by atoms with Gasteiger partial charge in [-0.3, -0.25) is 9.69 Å². The third-order valence-electron chi connectivity index (χ3n) is 5.71. The van der Waals surface area contributed by atoms with E-state index in [-0.39, 0.29) is 17.7 Å². The number of piperidine rings is 1. The molecule has 0 saturated carbocycles. The maximum absolute atomic E-state index is 13.4. The summed E-state index contributed by atoms with van der Waals surface area (Å²) in [4.78, 5) is 13.7. The van der Waals surface area contributed by atoms with E-state index in [2.05, 4.69) is 6.92 Å². The molecule has 6 heteroatoms. The summed E-state index contributed by atoms with van der Waals surface area (Å²) in [6, 6.07) is 11.9. The number of aliphatic carboxylic acids is 1. The number of rotatable bonds is 9. The minimum atomic E-state index is -0.765. The summed E-state index contributed by atoms with van der Waals surface area (Å²) < 4.78 is 33.2.